The van der Waals surface area contributed by atoms with Crippen LogP contribution in [0.5, 0.6) is 0 Å². The molecule has 0 bridgehead atoms. The highest BCUT2D eigenvalue weighted by molar-refractivity contribution is 6.30. The van der Waals surface area contributed by atoms with Crippen molar-refractivity contribution in [1.82, 2.24) is 18.7 Å². The summed E-state index contributed by atoms with van der Waals surface area (Å²) in [6, 6.07) is 26.5. The Morgan fingerprint density at radius 3 is 2.03 bits per heavy atom. The minimum atomic E-state index is -0.432. The second-order valence-corrected chi connectivity index (χ2v) is 9.15. The highest BCUT2D eigenvalue weighted by atomic mass is 35.5. The number of hydrogen-bond donors (Lipinski definition) is 1. The summed E-state index contributed by atoms with van der Waals surface area (Å²) in [4.78, 5) is 31.5. The third-order valence-corrected chi connectivity index (χ3v) is 6.44. The number of halogens is 1. The molecule has 2 aromatic heterocycles. The molecule has 0 saturated carbocycles. The highest BCUT2D eigenvalue weighted by Crippen LogP contribution is 2.19. The van der Waals surface area contributed by atoms with Gasteiger partial charge in [-0.3, -0.25) is 18.5 Å². The number of hydrazone groups is 1. The van der Waals surface area contributed by atoms with E-state index in [2.05, 4.69) is 15.5 Å². The van der Waals surface area contributed by atoms with Gasteiger partial charge in [0, 0.05) is 12.1 Å². The molecule has 1 N–H and O–H groups in total. The number of benzene rings is 3. The van der Waals surface area contributed by atoms with E-state index in [1.165, 1.54) is 9.13 Å². The van der Waals surface area contributed by atoms with E-state index in [1.54, 1.807) is 23.7 Å². The van der Waals surface area contributed by atoms with Crippen molar-refractivity contribution < 1.29 is 0 Å². The van der Waals surface area contributed by atoms with Crippen LogP contribution in [0.25, 0.3) is 11.2 Å². The first-order valence-corrected chi connectivity index (χ1v) is 12.1. The van der Waals surface area contributed by atoms with Crippen molar-refractivity contribution in [2.45, 2.75) is 20.0 Å². The molecule has 0 aliphatic carbocycles. The van der Waals surface area contributed by atoms with E-state index in [0.29, 0.717) is 28.7 Å². The zero-order chi connectivity index (χ0) is 25.9. The molecular weight excluding hydrogens is 488 g/mol. The molecule has 0 spiro atoms. The summed E-state index contributed by atoms with van der Waals surface area (Å²) >= 11 is 6.01. The molecule has 0 saturated heterocycles. The lowest BCUT2D eigenvalue weighted by atomic mass is 10.1. The van der Waals surface area contributed by atoms with Gasteiger partial charge in [-0.2, -0.15) is 10.1 Å². The highest BCUT2D eigenvalue weighted by Gasteiger charge is 2.21. The summed E-state index contributed by atoms with van der Waals surface area (Å²) in [6.07, 6.45) is 0. The van der Waals surface area contributed by atoms with E-state index >= 15 is 0 Å². The first-order chi connectivity index (χ1) is 17.9. The fourth-order valence-corrected chi connectivity index (χ4v) is 4.30. The van der Waals surface area contributed by atoms with Gasteiger partial charge < -0.3 is 0 Å². The Morgan fingerprint density at radius 2 is 1.43 bits per heavy atom. The third-order valence-electron chi connectivity index (χ3n) is 6.19. The zero-order valence-corrected chi connectivity index (χ0v) is 21.2. The number of anilines is 1. The maximum Gasteiger partial charge on any atom is 0.332 e. The van der Waals surface area contributed by atoms with Gasteiger partial charge in [-0.25, -0.2) is 10.2 Å². The average molecular weight is 513 g/mol. The molecule has 0 unspecified atom stereocenters. The van der Waals surface area contributed by atoms with Gasteiger partial charge >= 0.3 is 5.69 Å². The summed E-state index contributed by atoms with van der Waals surface area (Å²) in [5.41, 5.74) is 6.23. The van der Waals surface area contributed by atoms with Crippen LogP contribution in [0.2, 0.25) is 5.02 Å². The third kappa shape index (κ3) is 4.96. The molecular formula is C28H25ClN6O2. The summed E-state index contributed by atoms with van der Waals surface area (Å²) in [6.45, 7) is 2.40. The molecule has 0 aliphatic rings. The first kappa shape index (κ1) is 24.3. The Kier molecular flexibility index (Phi) is 6.74. The van der Waals surface area contributed by atoms with E-state index in [1.807, 2.05) is 79.7 Å². The molecule has 37 heavy (non-hydrogen) atoms. The fraction of sp³-hybridized carbons (Fsp3) is 0.143. The fourth-order valence-electron chi connectivity index (χ4n) is 4.17. The molecule has 186 valence electrons. The number of imidazole rings is 1. The summed E-state index contributed by atoms with van der Waals surface area (Å²) in [7, 11) is 1.62. The predicted molar refractivity (Wildman–Crippen MR) is 148 cm³/mol. The lowest BCUT2D eigenvalue weighted by Crippen LogP contribution is -2.40. The van der Waals surface area contributed by atoms with Gasteiger partial charge in [0.05, 0.1) is 18.8 Å². The molecule has 5 aromatic rings. The number of nitrogens with one attached hydrogen (secondary N) is 1. The molecule has 9 heteroatoms. The molecule has 0 atom stereocenters. The van der Waals surface area contributed by atoms with Crippen LogP contribution in [0.3, 0.4) is 0 Å². The van der Waals surface area contributed by atoms with E-state index in [-0.39, 0.29) is 12.2 Å². The number of fused-ring (bicyclic) bond motifs is 1. The topological polar surface area (TPSA) is 86.2 Å². The minimum Gasteiger partial charge on any atom is -0.298 e. The second kappa shape index (κ2) is 10.3. The maximum absolute atomic E-state index is 13.7. The summed E-state index contributed by atoms with van der Waals surface area (Å²) < 4.78 is 4.42. The Balaban J connectivity index is 1.65. The van der Waals surface area contributed by atoms with Crippen molar-refractivity contribution in [1.29, 1.82) is 0 Å². The van der Waals surface area contributed by atoms with Crippen molar-refractivity contribution in [3.8, 4) is 0 Å². The van der Waals surface area contributed by atoms with Crippen molar-refractivity contribution >= 4 is 34.4 Å². The van der Waals surface area contributed by atoms with Gasteiger partial charge in [0.2, 0.25) is 5.95 Å². The Morgan fingerprint density at radius 1 is 0.865 bits per heavy atom. The SMILES string of the molecule is CC(=NNc1nc2c(c(=O)n(Cc3ccccc3)c(=O)n2C)n1Cc1ccccc1)c1ccc(Cl)cc1. The lowest BCUT2D eigenvalue weighted by molar-refractivity contribution is 0.653. The van der Waals surface area contributed by atoms with Crippen molar-refractivity contribution in [2.75, 3.05) is 5.43 Å². The average Bonchev–Trinajstić information content (AvgIpc) is 3.28. The van der Waals surface area contributed by atoms with E-state index in [4.69, 9.17) is 11.6 Å². The number of nitrogens with zero attached hydrogens (tertiary/aromatic N) is 5. The van der Waals surface area contributed by atoms with E-state index in [0.717, 1.165) is 16.7 Å². The van der Waals surface area contributed by atoms with Crippen LogP contribution in [0.15, 0.2) is 99.6 Å². The molecule has 8 nitrogen and oxygen atoms in total. The quantitative estimate of drug-likeness (QED) is 0.257. The predicted octanol–water partition coefficient (Wildman–Crippen LogP) is 4.48. The van der Waals surface area contributed by atoms with Crippen LogP contribution in [0.4, 0.5) is 5.95 Å². The van der Waals surface area contributed by atoms with Gasteiger partial charge in [0.15, 0.2) is 11.2 Å². The van der Waals surface area contributed by atoms with Crippen LogP contribution in [0, 0.1) is 0 Å². The molecule has 0 radical (unpaired) electrons. The van der Waals surface area contributed by atoms with Gasteiger partial charge in [0.25, 0.3) is 5.56 Å². The summed E-state index contributed by atoms with van der Waals surface area (Å²) in [5, 5.41) is 5.15. The number of hydrogen-bond acceptors (Lipinski definition) is 5. The van der Waals surface area contributed by atoms with E-state index in [9.17, 15) is 9.59 Å². The zero-order valence-electron chi connectivity index (χ0n) is 20.4. The number of aryl methyl sites for hydroxylation is 1. The number of aromatic nitrogens is 4. The smallest absolute Gasteiger partial charge is 0.298 e. The van der Waals surface area contributed by atoms with Gasteiger partial charge in [-0.1, -0.05) is 84.4 Å². The minimum absolute atomic E-state index is 0.162. The molecule has 3 aromatic carbocycles. The van der Waals surface area contributed by atoms with E-state index < -0.39 is 11.2 Å². The molecule has 0 aliphatic heterocycles. The summed E-state index contributed by atoms with van der Waals surface area (Å²) in [5.74, 6) is 0.358. The lowest BCUT2D eigenvalue weighted by Gasteiger charge is -2.11. The molecule has 2 heterocycles. The van der Waals surface area contributed by atoms with Crippen molar-refractivity contribution in [2.24, 2.45) is 12.1 Å². The Hall–Kier alpha value is -4.43. The molecule has 5 rings (SSSR count). The monoisotopic (exact) mass is 512 g/mol. The molecule has 0 amide bonds. The first-order valence-electron chi connectivity index (χ1n) is 11.8. The van der Waals surface area contributed by atoms with Crippen LogP contribution in [-0.2, 0) is 20.1 Å². The second-order valence-electron chi connectivity index (χ2n) is 8.71. The van der Waals surface area contributed by atoms with Crippen LogP contribution >= 0.6 is 11.6 Å². The Labute approximate surface area is 218 Å². The van der Waals surface area contributed by atoms with Gasteiger partial charge in [-0.05, 0) is 35.7 Å². The normalized spacial score (nSPS) is 11.7. The number of rotatable bonds is 7. The maximum atomic E-state index is 13.7. The van der Waals surface area contributed by atoms with Crippen LogP contribution in [0.1, 0.15) is 23.6 Å². The van der Waals surface area contributed by atoms with Gasteiger partial charge in [0.1, 0.15) is 0 Å². The van der Waals surface area contributed by atoms with Crippen LogP contribution in [-0.4, -0.2) is 24.4 Å². The van der Waals surface area contributed by atoms with Crippen molar-refractivity contribution in [3.63, 3.8) is 0 Å². The van der Waals surface area contributed by atoms with Crippen molar-refractivity contribution in [3.05, 3.63) is 127 Å². The molecule has 0 fully saturated rings. The Bertz CT molecular complexity index is 1700. The van der Waals surface area contributed by atoms with Crippen LogP contribution < -0.4 is 16.7 Å². The standard InChI is InChI=1S/C28H25ClN6O2/c1-19(22-13-15-23(29)16-14-22)31-32-27-30-25-24(34(27)17-20-9-5-3-6-10-20)26(36)35(28(37)33(25)2)18-21-11-7-4-8-12-21/h3-16H,17-18H2,1-2H3,(H,30,32). The largest absolute Gasteiger partial charge is 0.332 e. The van der Waals surface area contributed by atoms with Gasteiger partial charge in [-0.15, -0.1) is 0 Å².